The number of likely N-dealkylation sites (tertiary alicyclic amines) is 1. The van der Waals surface area contributed by atoms with Crippen molar-refractivity contribution in [3.63, 3.8) is 0 Å². The summed E-state index contributed by atoms with van der Waals surface area (Å²) in [6.45, 7) is 3.03. The number of H-pyrrole nitrogens is 1. The van der Waals surface area contributed by atoms with Gasteiger partial charge in [-0.05, 0) is 30.2 Å². The Morgan fingerprint density at radius 3 is 2.71 bits per heavy atom. The summed E-state index contributed by atoms with van der Waals surface area (Å²) >= 11 is 0. The van der Waals surface area contributed by atoms with E-state index in [9.17, 15) is 9.59 Å². The quantitative estimate of drug-likeness (QED) is 0.739. The molecule has 4 rings (SSSR count). The van der Waals surface area contributed by atoms with E-state index in [1.165, 1.54) is 4.57 Å². The van der Waals surface area contributed by atoms with E-state index < -0.39 is 0 Å². The average molecular weight is 378 g/mol. The zero-order chi connectivity index (χ0) is 19.7. The first kappa shape index (κ1) is 18.0. The minimum atomic E-state index is -0.340. The van der Waals surface area contributed by atoms with E-state index in [1.54, 1.807) is 7.11 Å². The number of aromatic amines is 1. The Bertz CT molecular complexity index is 1060. The van der Waals surface area contributed by atoms with Crippen LogP contribution in [-0.4, -0.2) is 39.2 Å². The lowest BCUT2D eigenvalue weighted by Crippen LogP contribution is -2.25. The monoisotopic (exact) mass is 378 g/mol. The Balaban J connectivity index is 1.66. The fraction of sp³-hybridized carbons (Fsp3) is 0.286. The zero-order valence-corrected chi connectivity index (χ0v) is 15.9. The second-order valence-corrected chi connectivity index (χ2v) is 7.06. The van der Waals surface area contributed by atoms with Gasteiger partial charge in [-0.1, -0.05) is 36.4 Å². The fourth-order valence-corrected chi connectivity index (χ4v) is 3.69. The summed E-state index contributed by atoms with van der Waals surface area (Å²) < 4.78 is 6.96. The second-order valence-electron chi connectivity index (χ2n) is 7.06. The highest BCUT2D eigenvalue weighted by atomic mass is 16.5. The first-order valence-electron chi connectivity index (χ1n) is 9.21. The molecule has 28 heavy (non-hydrogen) atoms. The van der Waals surface area contributed by atoms with Crippen LogP contribution in [0.1, 0.15) is 29.3 Å². The Kier molecular flexibility index (Phi) is 4.73. The summed E-state index contributed by atoms with van der Waals surface area (Å²) in [6, 6.07) is 15.5. The SMILES string of the molecule is COc1ccc(C)cc1-n1c([C@H]2CC(=O)N(Cc3ccccc3)C2)n[nH]c1=O. The summed E-state index contributed by atoms with van der Waals surface area (Å²) in [5, 5.41) is 6.78. The van der Waals surface area contributed by atoms with Crippen molar-refractivity contribution < 1.29 is 9.53 Å². The Labute approximate surface area is 162 Å². The van der Waals surface area contributed by atoms with Crippen molar-refractivity contribution in [3.05, 3.63) is 76.0 Å². The Morgan fingerprint density at radius 1 is 1.18 bits per heavy atom. The zero-order valence-electron chi connectivity index (χ0n) is 15.9. The first-order chi connectivity index (χ1) is 13.6. The van der Waals surface area contributed by atoms with Crippen molar-refractivity contribution in [2.24, 2.45) is 0 Å². The van der Waals surface area contributed by atoms with Gasteiger partial charge in [-0.25, -0.2) is 14.5 Å². The van der Waals surface area contributed by atoms with Crippen LogP contribution < -0.4 is 10.4 Å². The van der Waals surface area contributed by atoms with Gasteiger partial charge in [0.15, 0.2) is 0 Å². The molecule has 1 atom stereocenters. The molecular weight excluding hydrogens is 356 g/mol. The lowest BCUT2D eigenvalue weighted by molar-refractivity contribution is -0.128. The van der Waals surface area contributed by atoms with Gasteiger partial charge in [-0.2, -0.15) is 5.10 Å². The molecule has 7 nitrogen and oxygen atoms in total. The van der Waals surface area contributed by atoms with Crippen LogP contribution in [0, 0.1) is 6.92 Å². The third-order valence-corrected chi connectivity index (χ3v) is 5.07. The standard InChI is InChI=1S/C21H22N4O3/c1-14-8-9-18(28-2)17(10-14)25-20(22-23-21(25)27)16-11-19(26)24(13-16)12-15-6-4-3-5-7-15/h3-10,16H,11-13H2,1-2H3,(H,23,27)/t16-/m0/s1. The summed E-state index contributed by atoms with van der Waals surface area (Å²) in [5.74, 6) is 1.03. The number of aryl methyl sites for hydroxylation is 1. The molecule has 1 fully saturated rings. The lowest BCUT2D eigenvalue weighted by atomic mass is 10.1. The van der Waals surface area contributed by atoms with Crippen LogP contribution in [0.25, 0.3) is 5.69 Å². The van der Waals surface area contributed by atoms with Gasteiger partial charge in [-0.3, -0.25) is 4.79 Å². The number of ether oxygens (including phenoxy) is 1. The van der Waals surface area contributed by atoms with Crippen LogP contribution in [0.2, 0.25) is 0 Å². The smallest absolute Gasteiger partial charge is 0.348 e. The molecule has 7 heteroatoms. The van der Waals surface area contributed by atoms with Crippen molar-refractivity contribution in [1.82, 2.24) is 19.7 Å². The van der Waals surface area contributed by atoms with Gasteiger partial charge < -0.3 is 9.64 Å². The predicted molar refractivity (Wildman–Crippen MR) is 105 cm³/mol. The number of methoxy groups -OCH3 is 1. The molecule has 144 valence electrons. The minimum absolute atomic E-state index is 0.0621. The van der Waals surface area contributed by atoms with E-state index >= 15 is 0 Å². The molecule has 0 radical (unpaired) electrons. The van der Waals surface area contributed by atoms with Gasteiger partial charge in [0.05, 0.1) is 12.8 Å². The number of hydrogen-bond donors (Lipinski definition) is 1. The number of benzene rings is 2. The maximum Gasteiger partial charge on any atom is 0.348 e. The fourth-order valence-electron chi connectivity index (χ4n) is 3.69. The predicted octanol–water partition coefficient (Wildman–Crippen LogP) is 2.39. The molecular formula is C21H22N4O3. The van der Waals surface area contributed by atoms with Crippen LogP contribution in [-0.2, 0) is 11.3 Å². The molecule has 0 bridgehead atoms. The number of nitrogens with zero attached hydrogens (tertiary/aromatic N) is 3. The van der Waals surface area contributed by atoms with Gasteiger partial charge in [-0.15, -0.1) is 0 Å². The van der Waals surface area contributed by atoms with Gasteiger partial charge in [0.1, 0.15) is 11.6 Å². The molecule has 1 aliphatic rings. The minimum Gasteiger partial charge on any atom is -0.495 e. The van der Waals surface area contributed by atoms with Crippen LogP contribution in [0.15, 0.2) is 53.3 Å². The highest BCUT2D eigenvalue weighted by Gasteiger charge is 2.34. The van der Waals surface area contributed by atoms with Crippen LogP contribution in [0.5, 0.6) is 5.75 Å². The highest BCUT2D eigenvalue weighted by molar-refractivity contribution is 5.79. The number of amides is 1. The topological polar surface area (TPSA) is 80.2 Å². The number of rotatable bonds is 5. The number of hydrogen-bond acceptors (Lipinski definition) is 4. The summed E-state index contributed by atoms with van der Waals surface area (Å²) in [5.41, 5.74) is 2.37. The first-order valence-corrected chi connectivity index (χ1v) is 9.21. The number of carbonyl (C=O) groups is 1. The van der Waals surface area contributed by atoms with Crippen molar-refractivity contribution in [2.45, 2.75) is 25.8 Å². The molecule has 0 saturated carbocycles. The number of aromatic nitrogens is 3. The van der Waals surface area contributed by atoms with Crippen molar-refractivity contribution in [3.8, 4) is 11.4 Å². The van der Waals surface area contributed by atoms with Crippen LogP contribution in [0.4, 0.5) is 0 Å². The van der Waals surface area contributed by atoms with Gasteiger partial charge in [0.25, 0.3) is 0 Å². The van der Waals surface area contributed by atoms with E-state index in [4.69, 9.17) is 4.74 Å². The largest absolute Gasteiger partial charge is 0.495 e. The molecule has 1 aliphatic heterocycles. The second kappa shape index (κ2) is 7.34. The molecule has 2 aromatic carbocycles. The van der Waals surface area contributed by atoms with E-state index in [0.717, 1.165) is 11.1 Å². The number of carbonyl (C=O) groups excluding carboxylic acids is 1. The molecule has 1 aromatic heterocycles. The lowest BCUT2D eigenvalue weighted by Gasteiger charge is -2.17. The average Bonchev–Trinajstić information content (AvgIpc) is 3.25. The Morgan fingerprint density at radius 2 is 1.96 bits per heavy atom. The summed E-state index contributed by atoms with van der Waals surface area (Å²) in [6.07, 6.45) is 0.325. The van der Waals surface area contributed by atoms with Crippen LogP contribution in [0.3, 0.4) is 0 Å². The molecule has 0 unspecified atom stereocenters. The molecule has 1 saturated heterocycles. The summed E-state index contributed by atoms with van der Waals surface area (Å²) in [7, 11) is 1.57. The van der Waals surface area contributed by atoms with Crippen LogP contribution >= 0.6 is 0 Å². The van der Waals surface area contributed by atoms with Gasteiger partial charge in [0.2, 0.25) is 5.91 Å². The van der Waals surface area contributed by atoms with E-state index in [1.807, 2.05) is 60.4 Å². The Hall–Kier alpha value is -3.35. The maximum absolute atomic E-state index is 12.6. The molecule has 1 N–H and O–H groups in total. The number of nitrogens with one attached hydrogen (secondary N) is 1. The molecule has 0 spiro atoms. The third-order valence-electron chi connectivity index (χ3n) is 5.07. The molecule has 0 aliphatic carbocycles. The van der Waals surface area contributed by atoms with Crippen molar-refractivity contribution in [1.29, 1.82) is 0 Å². The summed E-state index contributed by atoms with van der Waals surface area (Å²) in [4.78, 5) is 26.9. The van der Waals surface area contributed by atoms with E-state index in [-0.39, 0.29) is 17.5 Å². The third kappa shape index (κ3) is 3.31. The molecule has 3 aromatic rings. The van der Waals surface area contributed by atoms with Gasteiger partial charge in [0, 0.05) is 25.4 Å². The van der Waals surface area contributed by atoms with Crippen molar-refractivity contribution >= 4 is 5.91 Å². The highest BCUT2D eigenvalue weighted by Crippen LogP contribution is 2.31. The van der Waals surface area contributed by atoms with E-state index in [2.05, 4.69) is 10.2 Å². The molecule has 1 amide bonds. The van der Waals surface area contributed by atoms with Gasteiger partial charge >= 0.3 is 5.69 Å². The maximum atomic E-state index is 12.6. The van der Waals surface area contributed by atoms with E-state index in [0.29, 0.717) is 36.8 Å². The molecule has 2 heterocycles. The van der Waals surface area contributed by atoms with Crippen molar-refractivity contribution in [2.75, 3.05) is 13.7 Å². The normalized spacial score (nSPS) is 16.6.